The third-order valence-electron chi connectivity index (χ3n) is 4.31. The molecule has 0 radical (unpaired) electrons. The average Bonchev–Trinajstić information content (AvgIpc) is 3.19. The van der Waals surface area contributed by atoms with Crippen molar-refractivity contribution in [2.24, 2.45) is 0 Å². The van der Waals surface area contributed by atoms with Crippen LogP contribution in [0.4, 0.5) is 11.5 Å². The molecular formula is C23H18N4O2. The average molecular weight is 382 g/mol. The van der Waals surface area contributed by atoms with E-state index in [1.165, 1.54) is 6.20 Å². The first-order valence-electron chi connectivity index (χ1n) is 9.08. The molecule has 3 aromatic carbocycles. The lowest BCUT2D eigenvalue weighted by molar-refractivity contribution is 0.102. The second kappa shape index (κ2) is 8.22. The molecule has 0 unspecified atom stereocenters. The lowest BCUT2D eigenvalue weighted by Gasteiger charge is -2.12. The van der Waals surface area contributed by atoms with Crippen LogP contribution in [0.15, 0.2) is 97.2 Å². The summed E-state index contributed by atoms with van der Waals surface area (Å²) in [5.74, 6) is -0.378. The third-order valence-corrected chi connectivity index (χ3v) is 4.31. The van der Waals surface area contributed by atoms with Gasteiger partial charge in [-0.25, -0.2) is 4.68 Å². The Hall–Kier alpha value is -4.19. The van der Waals surface area contributed by atoms with Crippen molar-refractivity contribution in [3.63, 3.8) is 0 Å². The molecule has 0 saturated heterocycles. The summed E-state index contributed by atoms with van der Waals surface area (Å²) in [4.78, 5) is 25.6. The third kappa shape index (κ3) is 4.06. The molecule has 2 N–H and O–H groups in total. The van der Waals surface area contributed by atoms with Crippen molar-refractivity contribution in [1.29, 1.82) is 0 Å². The fourth-order valence-corrected chi connectivity index (χ4v) is 2.89. The van der Waals surface area contributed by atoms with Crippen molar-refractivity contribution < 1.29 is 9.59 Å². The molecule has 0 bridgehead atoms. The molecule has 0 atom stereocenters. The van der Waals surface area contributed by atoms with Crippen LogP contribution in [0.1, 0.15) is 20.7 Å². The number of nitrogens with zero attached hydrogens (tertiary/aromatic N) is 2. The van der Waals surface area contributed by atoms with Crippen molar-refractivity contribution in [1.82, 2.24) is 9.78 Å². The molecular weight excluding hydrogens is 364 g/mol. The van der Waals surface area contributed by atoms with E-state index in [2.05, 4.69) is 15.7 Å². The number of nitrogens with one attached hydrogen (secondary N) is 2. The molecule has 0 aliphatic rings. The summed E-state index contributed by atoms with van der Waals surface area (Å²) in [7, 11) is 0. The molecule has 0 fully saturated rings. The van der Waals surface area contributed by atoms with E-state index in [1.807, 2.05) is 54.6 Å². The number of anilines is 2. The lowest BCUT2D eigenvalue weighted by Crippen LogP contribution is -2.19. The molecule has 1 aromatic heterocycles. The van der Waals surface area contributed by atoms with Crippen LogP contribution in [-0.4, -0.2) is 21.6 Å². The molecule has 0 saturated carbocycles. The summed E-state index contributed by atoms with van der Waals surface area (Å²) in [5.41, 5.74) is 2.14. The van der Waals surface area contributed by atoms with Gasteiger partial charge in [0.05, 0.1) is 11.9 Å². The number of aromatic nitrogens is 2. The molecule has 29 heavy (non-hydrogen) atoms. The lowest BCUT2D eigenvalue weighted by atomic mass is 10.2. The minimum Gasteiger partial charge on any atom is -0.322 e. The van der Waals surface area contributed by atoms with Gasteiger partial charge in [0.25, 0.3) is 11.8 Å². The van der Waals surface area contributed by atoms with Crippen LogP contribution in [0, 0.1) is 0 Å². The van der Waals surface area contributed by atoms with Gasteiger partial charge < -0.3 is 10.6 Å². The summed E-state index contributed by atoms with van der Waals surface area (Å²) in [6, 6.07) is 27.3. The Morgan fingerprint density at radius 3 is 1.93 bits per heavy atom. The molecule has 4 rings (SSSR count). The number of carbonyl (C=O) groups is 2. The quantitative estimate of drug-likeness (QED) is 0.538. The highest BCUT2D eigenvalue weighted by Gasteiger charge is 2.21. The Morgan fingerprint density at radius 2 is 1.28 bits per heavy atom. The molecule has 0 aliphatic carbocycles. The van der Waals surface area contributed by atoms with Gasteiger partial charge in [0.1, 0.15) is 11.4 Å². The van der Waals surface area contributed by atoms with Gasteiger partial charge in [0.15, 0.2) is 0 Å². The Balaban J connectivity index is 1.70. The van der Waals surface area contributed by atoms with Crippen LogP contribution in [0.25, 0.3) is 5.69 Å². The van der Waals surface area contributed by atoms with Crippen LogP contribution < -0.4 is 10.6 Å². The molecule has 1 heterocycles. The molecule has 4 aromatic rings. The van der Waals surface area contributed by atoms with E-state index in [0.717, 1.165) is 5.69 Å². The van der Waals surface area contributed by atoms with E-state index >= 15 is 0 Å². The van der Waals surface area contributed by atoms with Gasteiger partial charge in [-0.1, -0.05) is 54.6 Å². The maximum atomic E-state index is 12.9. The first-order chi connectivity index (χ1) is 14.2. The normalized spacial score (nSPS) is 10.3. The van der Waals surface area contributed by atoms with E-state index in [1.54, 1.807) is 41.1 Å². The van der Waals surface area contributed by atoms with E-state index in [9.17, 15) is 9.59 Å². The summed E-state index contributed by atoms with van der Waals surface area (Å²) in [6.45, 7) is 0. The molecule has 0 spiro atoms. The first-order valence-corrected chi connectivity index (χ1v) is 9.08. The number of hydrogen-bond acceptors (Lipinski definition) is 3. The van der Waals surface area contributed by atoms with Gasteiger partial charge in [-0.3, -0.25) is 9.59 Å². The highest BCUT2D eigenvalue weighted by atomic mass is 16.2. The van der Waals surface area contributed by atoms with Crippen LogP contribution in [0.5, 0.6) is 0 Å². The standard InChI is InChI=1S/C23H18N4O2/c28-22(17-10-4-1-5-11-17)26-21-20(23(29)25-18-12-6-2-7-13-18)16-24-27(21)19-14-8-3-9-15-19/h1-16H,(H,25,29)(H,26,28). The minimum atomic E-state index is -0.359. The maximum Gasteiger partial charge on any atom is 0.261 e. The molecule has 6 nitrogen and oxygen atoms in total. The van der Waals surface area contributed by atoms with Crippen molar-refractivity contribution in [3.8, 4) is 5.69 Å². The number of rotatable bonds is 5. The fourth-order valence-electron chi connectivity index (χ4n) is 2.89. The van der Waals surface area contributed by atoms with Crippen LogP contribution in [-0.2, 0) is 0 Å². The monoisotopic (exact) mass is 382 g/mol. The van der Waals surface area contributed by atoms with Crippen LogP contribution >= 0.6 is 0 Å². The predicted octanol–water partition coefficient (Wildman–Crippen LogP) is 4.38. The SMILES string of the molecule is O=C(Nc1c(C(=O)Nc2ccccc2)cnn1-c1ccccc1)c1ccccc1. The second-order valence-corrected chi connectivity index (χ2v) is 6.29. The highest BCUT2D eigenvalue weighted by molar-refractivity contribution is 6.12. The van der Waals surface area contributed by atoms with Gasteiger partial charge >= 0.3 is 0 Å². The summed E-state index contributed by atoms with van der Waals surface area (Å²) in [6.07, 6.45) is 1.45. The Labute approximate surface area is 167 Å². The number of hydrogen-bond donors (Lipinski definition) is 2. The zero-order valence-corrected chi connectivity index (χ0v) is 15.4. The first kappa shape index (κ1) is 18.2. The number of benzene rings is 3. The minimum absolute atomic E-state index is 0.266. The molecule has 6 heteroatoms. The van der Waals surface area contributed by atoms with Crippen LogP contribution in [0.2, 0.25) is 0 Å². The molecule has 142 valence electrons. The van der Waals surface area contributed by atoms with Crippen molar-refractivity contribution in [2.45, 2.75) is 0 Å². The summed E-state index contributed by atoms with van der Waals surface area (Å²) in [5, 5.41) is 10.0. The smallest absolute Gasteiger partial charge is 0.261 e. The van der Waals surface area contributed by atoms with Crippen molar-refractivity contribution in [3.05, 3.63) is 108 Å². The van der Waals surface area contributed by atoms with E-state index < -0.39 is 0 Å². The zero-order chi connectivity index (χ0) is 20.1. The van der Waals surface area contributed by atoms with Gasteiger partial charge in [-0.2, -0.15) is 5.10 Å². The number of amides is 2. The largest absolute Gasteiger partial charge is 0.322 e. The van der Waals surface area contributed by atoms with Gasteiger partial charge in [-0.05, 0) is 36.4 Å². The van der Waals surface area contributed by atoms with Crippen LogP contribution in [0.3, 0.4) is 0 Å². The van der Waals surface area contributed by atoms with Crippen molar-refractivity contribution >= 4 is 23.3 Å². The summed E-state index contributed by atoms with van der Waals surface area (Å²) >= 11 is 0. The van der Waals surface area contributed by atoms with Crippen molar-refractivity contribution in [2.75, 3.05) is 10.6 Å². The topological polar surface area (TPSA) is 76.0 Å². The Kier molecular flexibility index (Phi) is 5.16. The Bertz CT molecular complexity index is 1120. The fraction of sp³-hybridized carbons (Fsp3) is 0. The second-order valence-electron chi connectivity index (χ2n) is 6.29. The van der Waals surface area contributed by atoms with Gasteiger partial charge in [0.2, 0.25) is 0 Å². The number of para-hydroxylation sites is 2. The van der Waals surface area contributed by atoms with Gasteiger partial charge in [-0.15, -0.1) is 0 Å². The highest BCUT2D eigenvalue weighted by Crippen LogP contribution is 2.22. The zero-order valence-electron chi connectivity index (χ0n) is 15.4. The summed E-state index contributed by atoms with van der Waals surface area (Å²) < 4.78 is 1.54. The van der Waals surface area contributed by atoms with Gasteiger partial charge in [0, 0.05) is 11.3 Å². The number of carbonyl (C=O) groups excluding carboxylic acids is 2. The van der Waals surface area contributed by atoms with E-state index in [4.69, 9.17) is 0 Å². The Morgan fingerprint density at radius 1 is 0.690 bits per heavy atom. The predicted molar refractivity (Wildman–Crippen MR) is 112 cm³/mol. The molecule has 0 aliphatic heterocycles. The van der Waals surface area contributed by atoms with E-state index in [0.29, 0.717) is 17.1 Å². The maximum absolute atomic E-state index is 12.9. The van der Waals surface area contributed by atoms with E-state index in [-0.39, 0.29) is 17.4 Å². The molecule has 2 amide bonds.